The van der Waals surface area contributed by atoms with Crippen molar-refractivity contribution >= 4 is 34.4 Å². The van der Waals surface area contributed by atoms with Crippen LogP contribution in [-0.2, 0) is 4.79 Å². The fourth-order valence-corrected chi connectivity index (χ4v) is 2.74. The minimum atomic E-state index is -0.896. The lowest BCUT2D eigenvalue weighted by molar-refractivity contribution is -0.137. The maximum atomic E-state index is 10.8. The fourth-order valence-electron chi connectivity index (χ4n) is 1.46. The number of nitrogens with zero attached hydrogens (tertiary/aromatic N) is 1. The monoisotopic (exact) mass is 271 g/mol. The van der Waals surface area contributed by atoms with Gasteiger partial charge in [-0.15, -0.1) is 11.8 Å². The van der Waals surface area contributed by atoms with E-state index in [0.29, 0.717) is 21.6 Å². The van der Waals surface area contributed by atoms with Crippen molar-refractivity contribution in [3.8, 4) is 5.75 Å². The Labute approximate surface area is 108 Å². The van der Waals surface area contributed by atoms with Gasteiger partial charge in [0.05, 0.1) is 17.2 Å². The minimum absolute atomic E-state index is 0.467. The Balaban J connectivity index is 2.27. The molecule has 17 heavy (non-hydrogen) atoms. The van der Waals surface area contributed by atoms with Gasteiger partial charge in [0.15, 0.2) is 6.04 Å². The van der Waals surface area contributed by atoms with Gasteiger partial charge in [0, 0.05) is 11.3 Å². The number of ether oxygens (including phenoxy) is 1. The van der Waals surface area contributed by atoms with Gasteiger partial charge < -0.3 is 9.84 Å². The molecule has 1 heterocycles. The van der Waals surface area contributed by atoms with Crippen molar-refractivity contribution in [2.45, 2.75) is 6.04 Å². The first-order chi connectivity index (χ1) is 8.11. The third-order valence-electron chi connectivity index (χ3n) is 2.33. The smallest absolute Gasteiger partial charge is 0.329 e. The van der Waals surface area contributed by atoms with Crippen molar-refractivity contribution in [2.75, 3.05) is 12.9 Å². The largest absolute Gasteiger partial charge is 0.495 e. The Morgan fingerprint density at radius 1 is 1.65 bits per heavy atom. The first kappa shape index (κ1) is 12.3. The molecule has 6 heteroatoms. The summed E-state index contributed by atoms with van der Waals surface area (Å²) in [5.74, 6) is 0.162. The van der Waals surface area contributed by atoms with Crippen molar-refractivity contribution < 1.29 is 14.6 Å². The number of thioether (sulfide) groups is 1. The van der Waals surface area contributed by atoms with E-state index in [0.717, 1.165) is 5.56 Å². The van der Waals surface area contributed by atoms with Gasteiger partial charge in [-0.25, -0.2) is 4.79 Å². The van der Waals surface area contributed by atoms with Crippen LogP contribution in [0.4, 0.5) is 0 Å². The summed E-state index contributed by atoms with van der Waals surface area (Å²) >= 11 is 7.43. The molecule has 0 spiro atoms. The van der Waals surface area contributed by atoms with E-state index in [9.17, 15) is 4.79 Å². The molecule has 90 valence electrons. The molecule has 0 bridgehead atoms. The summed E-state index contributed by atoms with van der Waals surface area (Å²) in [5.41, 5.74) is 0.824. The van der Waals surface area contributed by atoms with Crippen LogP contribution in [0.15, 0.2) is 23.2 Å². The number of carbonyl (C=O) groups is 1. The molecule has 1 aliphatic rings. The van der Waals surface area contributed by atoms with E-state index >= 15 is 0 Å². The van der Waals surface area contributed by atoms with Gasteiger partial charge in [-0.05, 0) is 18.2 Å². The molecule has 1 atom stereocenters. The second-order valence-electron chi connectivity index (χ2n) is 3.45. The van der Waals surface area contributed by atoms with Crippen molar-refractivity contribution in [2.24, 2.45) is 4.99 Å². The molecule has 1 aliphatic heterocycles. The Bertz CT molecular complexity index is 490. The lowest BCUT2D eigenvalue weighted by Crippen LogP contribution is -2.17. The summed E-state index contributed by atoms with van der Waals surface area (Å²) < 4.78 is 5.05. The standard InChI is InChI=1S/C11H10ClNO3S/c1-16-9-3-2-6(4-7(9)12)10-13-8(5-17-10)11(14)15/h2-4,8H,5H2,1H3,(H,14,15). The zero-order valence-electron chi connectivity index (χ0n) is 9.01. The topological polar surface area (TPSA) is 58.9 Å². The van der Waals surface area contributed by atoms with Crippen molar-refractivity contribution in [1.82, 2.24) is 0 Å². The normalized spacial score (nSPS) is 18.9. The SMILES string of the molecule is COc1ccc(C2=NC(C(=O)O)CS2)cc1Cl. The number of methoxy groups -OCH3 is 1. The van der Waals surface area contributed by atoms with Gasteiger partial charge in [-0.1, -0.05) is 11.6 Å². The summed E-state index contributed by atoms with van der Waals surface area (Å²) in [5, 5.41) is 10.1. The van der Waals surface area contributed by atoms with Crippen LogP contribution in [-0.4, -0.2) is 35.0 Å². The molecule has 0 amide bonds. The molecule has 1 N–H and O–H groups in total. The van der Waals surface area contributed by atoms with Crippen LogP contribution in [0.5, 0.6) is 5.75 Å². The van der Waals surface area contributed by atoms with Crippen molar-refractivity contribution in [3.05, 3.63) is 28.8 Å². The number of benzene rings is 1. The molecule has 2 rings (SSSR count). The molecule has 0 aromatic heterocycles. The highest BCUT2D eigenvalue weighted by molar-refractivity contribution is 8.14. The summed E-state index contributed by atoms with van der Waals surface area (Å²) in [7, 11) is 1.54. The zero-order valence-corrected chi connectivity index (χ0v) is 10.6. The van der Waals surface area contributed by atoms with Crippen LogP contribution in [0, 0.1) is 0 Å². The minimum Gasteiger partial charge on any atom is -0.495 e. The summed E-state index contributed by atoms with van der Waals surface area (Å²) in [6.45, 7) is 0. The molecule has 0 radical (unpaired) electrons. The van der Waals surface area contributed by atoms with Crippen LogP contribution in [0.1, 0.15) is 5.56 Å². The van der Waals surface area contributed by atoms with Crippen LogP contribution in [0.3, 0.4) is 0 Å². The number of aliphatic imine (C=N–C) groups is 1. The van der Waals surface area contributed by atoms with E-state index in [4.69, 9.17) is 21.4 Å². The fraction of sp³-hybridized carbons (Fsp3) is 0.273. The molecule has 0 fully saturated rings. The van der Waals surface area contributed by atoms with Gasteiger partial charge in [0.1, 0.15) is 5.75 Å². The summed E-state index contributed by atoms with van der Waals surface area (Å²) in [6.07, 6.45) is 0. The Morgan fingerprint density at radius 2 is 2.41 bits per heavy atom. The van der Waals surface area contributed by atoms with E-state index < -0.39 is 12.0 Å². The number of carboxylic acid groups (broad SMARTS) is 1. The second kappa shape index (κ2) is 4.98. The number of aliphatic carboxylic acids is 1. The zero-order chi connectivity index (χ0) is 12.4. The molecule has 1 aromatic rings. The van der Waals surface area contributed by atoms with E-state index in [2.05, 4.69) is 4.99 Å². The molecule has 1 aromatic carbocycles. The quantitative estimate of drug-likeness (QED) is 0.916. The predicted molar refractivity (Wildman–Crippen MR) is 68.4 cm³/mol. The molecule has 0 saturated carbocycles. The average Bonchev–Trinajstić information content (AvgIpc) is 2.78. The number of rotatable bonds is 3. The van der Waals surface area contributed by atoms with Gasteiger partial charge in [0.2, 0.25) is 0 Å². The molecule has 4 nitrogen and oxygen atoms in total. The van der Waals surface area contributed by atoms with Crippen molar-refractivity contribution in [1.29, 1.82) is 0 Å². The van der Waals surface area contributed by atoms with Gasteiger partial charge >= 0.3 is 5.97 Å². The second-order valence-corrected chi connectivity index (χ2v) is 4.86. The predicted octanol–water partition coefficient (Wildman–Crippen LogP) is 2.30. The van der Waals surface area contributed by atoms with E-state index in [-0.39, 0.29) is 0 Å². The van der Waals surface area contributed by atoms with E-state index in [1.807, 2.05) is 6.07 Å². The first-order valence-electron chi connectivity index (χ1n) is 4.89. The summed E-state index contributed by atoms with van der Waals surface area (Å²) in [4.78, 5) is 14.9. The van der Waals surface area contributed by atoms with Crippen LogP contribution < -0.4 is 4.74 Å². The molecule has 0 aliphatic carbocycles. The van der Waals surface area contributed by atoms with E-state index in [1.165, 1.54) is 11.8 Å². The van der Waals surface area contributed by atoms with Gasteiger partial charge in [-0.3, -0.25) is 4.99 Å². The van der Waals surface area contributed by atoms with Gasteiger partial charge in [0.25, 0.3) is 0 Å². The Kier molecular flexibility index (Phi) is 3.59. The molecular weight excluding hydrogens is 262 g/mol. The molecular formula is C11H10ClNO3S. The highest BCUT2D eigenvalue weighted by atomic mass is 35.5. The number of carboxylic acids is 1. The van der Waals surface area contributed by atoms with Crippen LogP contribution in [0.2, 0.25) is 5.02 Å². The molecule has 0 saturated heterocycles. The van der Waals surface area contributed by atoms with Crippen LogP contribution >= 0.6 is 23.4 Å². The average molecular weight is 272 g/mol. The lowest BCUT2D eigenvalue weighted by atomic mass is 10.2. The molecule has 1 unspecified atom stereocenters. The number of halogens is 1. The van der Waals surface area contributed by atoms with Gasteiger partial charge in [-0.2, -0.15) is 0 Å². The maximum Gasteiger partial charge on any atom is 0.329 e. The third-order valence-corrected chi connectivity index (χ3v) is 3.73. The summed E-state index contributed by atoms with van der Waals surface area (Å²) in [6, 6.07) is 4.64. The third kappa shape index (κ3) is 2.56. The number of hydrogen-bond donors (Lipinski definition) is 1. The Morgan fingerprint density at radius 3 is 2.94 bits per heavy atom. The Hall–Kier alpha value is -1.20. The van der Waals surface area contributed by atoms with Crippen molar-refractivity contribution in [3.63, 3.8) is 0 Å². The van der Waals surface area contributed by atoms with E-state index in [1.54, 1.807) is 19.2 Å². The maximum absolute atomic E-state index is 10.8. The number of hydrogen-bond acceptors (Lipinski definition) is 4. The first-order valence-corrected chi connectivity index (χ1v) is 6.25. The lowest BCUT2D eigenvalue weighted by Gasteiger charge is -2.05. The highest BCUT2D eigenvalue weighted by Gasteiger charge is 2.25. The van der Waals surface area contributed by atoms with Crippen LogP contribution in [0.25, 0.3) is 0 Å². The highest BCUT2D eigenvalue weighted by Crippen LogP contribution is 2.29.